The molecule has 0 heterocycles. The summed E-state index contributed by atoms with van der Waals surface area (Å²) in [4.78, 5) is 0. The first-order chi connectivity index (χ1) is 7.06. The van der Waals surface area contributed by atoms with Crippen molar-refractivity contribution in [2.75, 3.05) is 0 Å². The van der Waals surface area contributed by atoms with Crippen LogP contribution in [0, 0.1) is 17.3 Å². The van der Waals surface area contributed by atoms with Crippen LogP contribution < -0.4 is 0 Å². The molecule has 0 radical (unpaired) electrons. The minimum absolute atomic E-state index is 0.704. The third-order valence-electron chi connectivity index (χ3n) is 4.25. The molecule has 2 atom stereocenters. The van der Waals surface area contributed by atoms with E-state index in [1.807, 2.05) is 0 Å². The van der Waals surface area contributed by atoms with Gasteiger partial charge in [-0.2, -0.15) is 0 Å². The Kier molecular flexibility index (Phi) is 5.15. The van der Waals surface area contributed by atoms with Crippen molar-refractivity contribution < 1.29 is 0 Å². The number of hydrogen-bond acceptors (Lipinski definition) is 0. The third kappa shape index (κ3) is 5.04. The van der Waals surface area contributed by atoms with Crippen molar-refractivity contribution >= 4 is 0 Å². The molecule has 1 fully saturated rings. The summed E-state index contributed by atoms with van der Waals surface area (Å²) in [6, 6.07) is 0. The summed E-state index contributed by atoms with van der Waals surface area (Å²) < 4.78 is 0. The highest BCUT2D eigenvalue weighted by atomic mass is 14.5. The SMILES string of the molecule is CCCC(C)CCCCCC1CC1(C)C. The van der Waals surface area contributed by atoms with E-state index in [1.165, 1.54) is 51.4 Å². The van der Waals surface area contributed by atoms with Gasteiger partial charge >= 0.3 is 0 Å². The van der Waals surface area contributed by atoms with Crippen molar-refractivity contribution in [2.45, 2.75) is 79.1 Å². The zero-order chi connectivity index (χ0) is 11.3. The van der Waals surface area contributed by atoms with E-state index in [2.05, 4.69) is 27.7 Å². The van der Waals surface area contributed by atoms with Crippen LogP contribution in [0.1, 0.15) is 79.1 Å². The molecule has 0 bridgehead atoms. The van der Waals surface area contributed by atoms with Gasteiger partial charge in [0, 0.05) is 0 Å². The van der Waals surface area contributed by atoms with E-state index in [1.54, 1.807) is 0 Å². The molecule has 2 unspecified atom stereocenters. The topological polar surface area (TPSA) is 0 Å². The summed E-state index contributed by atoms with van der Waals surface area (Å²) in [5, 5.41) is 0. The fourth-order valence-electron chi connectivity index (χ4n) is 2.77. The molecule has 0 spiro atoms. The Bertz CT molecular complexity index is 169. The van der Waals surface area contributed by atoms with Gasteiger partial charge < -0.3 is 0 Å². The minimum Gasteiger partial charge on any atom is -0.0654 e. The monoisotopic (exact) mass is 210 g/mol. The Morgan fingerprint density at radius 1 is 1.13 bits per heavy atom. The molecule has 0 amide bonds. The van der Waals surface area contributed by atoms with E-state index in [4.69, 9.17) is 0 Å². The van der Waals surface area contributed by atoms with E-state index < -0.39 is 0 Å². The average molecular weight is 210 g/mol. The molecule has 0 aromatic heterocycles. The molecule has 1 saturated carbocycles. The van der Waals surface area contributed by atoms with E-state index in [0.717, 1.165) is 11.8 Å². The standard InChI is InChI=1S/C15H30/c1-5-9-13(2)10-7-6-8-11-14-12-15(14,3)4/h13-14H,5-12H2,1-4H3. The summed E-state index contributed by atoms with van der Waals surface area (Å²) >= 11 is 0. The molecule has 0 aromatic carbocycles. The summed E-state index contributed by atoms with van der Waals surface area (Å²) in [5.74, 6) is 2.03. The summed E-state index contributed by atoms with van der Waals surface area (Å²) in [5.41, 5.74) is 0.704. The lowest BCUT2D eigenvalue weighted by Gasteiger charge is -2.09. The maximum Gasteiger partial charge on any atom is -0.0323 e. The maximum atomic E-state index is 2.42. The number of unbranched alkanes of at least 4 members (excludes halogenated alkanes) is 2. The Hall–Kier alpha value is 0. The summed E-state index contributed by atoms with van der Waals surface area (Å²) in [7, 11) is 0. The van der Waals surface area contributed by atoms with Crippen molar-refractivity contribution in [3.63, 3.8) is 0 Å². The molecule has 0 N–H and O–H groups in total. The molecule has 1 aliphatic rings. The lowest BCUT2D eigenvalue weighted by Crippen LogP contribution is -1.94. The van der Waals surface area contributed by atoms with Crippen LogP contribution >= 0.6 is 0 Å². The van der Waals surface area contributed by atoms with Crippen molar-refractivity contribution in [1.82, 2.24) is 0 Å². The Morgan fingerprint density at radius 3 is 2.33 bits per heavy atom. The molecule has 0 aliphatic heterocycles. The summed E-state index contributed by atoms with van der Waals surface area (Å²) in [6.45, 7) is 9.54. The van der Waals surface area contributed by atoms with Gasteiger partial charge in [0.2, 0.25) is 0 Å². The third-order valence-corrected chi connectivity index (χ3v) is 4.25. The molecule has 1 rings (SSSR count). The van der Waals surface area contributed by atoms with Gasteiger partial charge in [-0.15, -0.1) is 0 Å². The van der Waals surface area contributed by atoms with E-state index in [-0.39, 0.29) is 0 Å². The van der Waals surface area contributed by atoms with Crippen LogP contribution in [-0.4, -0.2) is 0 Å². The number of rotatable bonds is 8. The predicted molar refractivity (Wildman–Crippen MR) is 69.0 cm³/mol. The van der Waals surface area contributed by atoms with Crippen LogP contribution in [0.3, 0.4) is 0 Å². The normalized spacial score (nSPS) is 25.2. The summed E-state index contributed by atoms with van der Waals surface area (Å²) in [6.07, 6.45) is 11.6. The van der Waals surface area contributed by atoms with E-state index in [9.17, 15) is 0 Å². The second-order valence-electron chi connectivity index (χ2n) is 6.42. The Morgan fingerprint density at radius 2 is 1.80 bits per heavy atom. The first kappa shape index (κ1) is 13.1. The Balaban J connectivity index is 1.86. The molecular weight excluding hydrogens is 180 g/mol. The lowest BCUT2D eigenvalue weighted by molar-refractivity contribution is 0.442. The highest BCUT2D eigenvalue weighted by Gasteiger charge is 2.44. The highest BCUT2D eigenvalue weighted by Crippen LogP contribution is 2.54. The first-order valence-corrected chi connectivity index (χ1v) is 7.06. The van der Waals surface area contributed by atoms with Gasteiger partial charge in [-0.05, 0) is 30.1 Å². The molecular formula is C15H30. The average Bonchev–Trinajstić information content (AvgIpc) is 2.74. The van der Waals surface area contributed by atoms with Crippen LogP contribution in [0.15, 0.2) is 0 Å². The van der Waals surface area contributed by atoms with Crippen molar-refractivity contribution in [1.29, 1.82) is 0 Å². The predicted octanol–water partition coefficient (Wildman–Crippen LogP) is 5.42. The molecule has 0 nitrogen and oxygen atoms in total. The van der Waals surface area contributed by atoms with E-state index >= 15 is 0 Å². The van der Waals surface area contributed by atoms with Crippen molar-refractivity contribution in [3.8, 4) is 0 Å². The molecule has 0 aromatic rings. The quantitative estimate of drug-likeness (QED) is 0.469. The number of hydrogen-bond donors (Lipinski definition) is 0. The van der Waals surface area contributed by atoms with Crippen LogP contribution in [0.25, 0.3) is 0 Å². The molecule has 0 saturated heterocycles. The molecule has 0 heteroatoms. The van der Waals surface area contributed by atoms with Crippen LogP contribution in [-0.2, 0) is 0 Å². The largest absolute Gasteiger partial charge is 0.0654 e. The maximum absolute atomic E-state index is 2.42. The molecule has 90 valence electrons. The van der Waals surface area contributed by atoms with Crippen molar-refractivity contribution in [3.05, 3.63) is 0 Å². The van der Waals surface area contributed by atoms with Gasteiger partial charge in [-0.25, -0.2) is 0 Å². The fraction of sp³-hybridized carbons (Fsp3) is 1.00. The minimum atomic E-state index is 0.704. The lowest BCUT2D eigenvalue weighted by atomic mass is 9.97. The van der Waals surface area contributed by atoms with Gasteiger partial charge in [0.15, 0.2) is 0 Å². The van der Waals surface area contributed by atoms with Gasteiger partial charge in [-0.1, -0.05) is 66.2 Å². The Labute approximate surface area is 96.8 Å². The fourth-order valence-corrected chi connectivity index (χ4v) is 2.77. The van der Waals surface area contributed by atoms with Gasteiger partial charge in [0.1, 0.15) is 0 Å². The molecule has 15 heavy (non-hydrogen) atoms. The van der Waals surface area contributed by atoms with Crippen LogP contribution in [0.2, 0.25) is 0 Å². The zero-order valence-corrected chi connectivity index (χ0v) is 11.3. The van der Waals surface area contributed by atoms with Crippen molar-refractivity contribution in [2.24, 2.45) is 17.3 Å². The van der Waals surface area contributed by atoms with E-state index in [0.29, 0.717) is 5.41 Å². The first-order valence-electron chi connectivity index (χ1n) is 7.06. The van der Waals surface area contributed by atoms with Gasteiger partial charge in [0.25, 0.3) is 0 Å². The highest BCUT2D eigenvalue weighted by molar-refractivity contribution is 4.94. The second kappa shape index (κ2) is 5.92. The van der Waals surface area contributed by atoms with Gasteiger partial charge in [0.05, 0.1) is 0 Å². The zero-order valence-electron chi connectivity index (χ0n) is 11.3. The smallest absolute Gasteiger partial charge is 0.0323 e. The van der Waals surface area contributed by atoms with Crippen LogP contribution in [0.4, 0.5) is 0 Å². The van der Waals surface area contributed by atoms with Crippen LogP contribution in [0.5, 0.6) is 0 Å². The second-order valence-corrected chi connectivity index (χ2v) is 6.42. The van der Waals surface area contributed by atoms with Gasteiger partial charge in [-0.3, -0.25) is 0 Å². The molecule has 1 aliphatic carbocycles.